The lowest BCUT2D eigenvalue weighted by molar-refractivity contribution is -0.143. The minimum atomic E-state index is -0.0821. The summed E-state index contributed by atoms with van der Waals surface area (Å²) >= 11 is 0. The zero-order valence-corrected chi connectivity index (χ0v) is 18.8. The number of unbranched alkanes of at least 4 members (excludes halogenated alkanes) is 3. The zero-order valence-electron chi connectivity index (χ0n) is 18.8. The number of carbonyl (C=O) groups excluding carboxylic acids is 1. The van der Waals surface area contributed by atoms with Gasteiger partial charge in [0.2, 0.25) is 0 Å². The number of rotatable bonds is 13. The molecule has 1 aliphatic rings. The molecule has 1 fully saturated rings. The lowest BCUT2D eigenvalue weighted by atomic mass is 10.1. The molecule has 6 heteroatoms. The lowest BCUT2D eigenvalue weighted by Gasteiger charge is -2.21. The number of esters is 1. The Morgan fingerprint density at radius 3 is 2.73 bits per heavy atom. The summed E-state index contributed by atoms with van der Waals surface area (Å²) in [5.74, 6) is 1.50. The highest BCUT2D eigenvalue weighted by molar-refractivity contribution is 5.80. The number of hydrogen-bond donors (Lipinski definition) is 1. The molecule has 2 rings (SSSR count). The van der Waals surface area contributed by atoms with Crippen LogP contribution in [0.4, 0.5) is 0 Å². The van der Waals surface area contributed by atoms with Gasteiger partial charge in [-0.05, 0) is 38.7 Å². The molecule has 6 nitrogen and oxygen atoms in total. The Balaban J connectivity index is 1.63. The van der Waals surface area contributed by atoms with Crippen LogP contribution in [0.2, 0.25) is 0 Å². The fraction of sp³-hybridized carbons (Fsp3) is 0.667. The highest BCUT2D eigenvalue weighted by atomic mass is 16.5. The van der Waals surface area contributed by atoms with Gasteiger partial charge in [0.15, 0.2) is 5.96 Å². The average Bonchev–Trinajstić information content (AvgIpc) is 3.22. The van der Waals surface area contributed by atoms with Crippen molar-refractivity contribution in [1.29, 1.82) is 0 Å². The second kappa shape index (κ2) is 14.8. The van der Waals surface area contributed by atoms with E-state index in [2.05, 4.69) is 41.4 Å². The molecule has 0 saturated carbocycles. The fourth-order valence-electron chi connectivity index (χ4n) is 3.66. The van der Waals surface area contributed by atoms with Crippen LogP contribution in [0.5, 0.6) is 0 Å². The molecule has 0 radical (unpaired) electrons. The highest BCUT2D eigenvalue weighted by Crippen LogP contribution is 2.17. The third-order valence-electron chi connectivity index (χ3n) is 5.24. The van der Waals surface area contributed by atoms with Gasteiger partial charge in [0.05, 0.1) is 19.8 Å². The second-order valence-corrected chi connectivity index (χ2v) is 7.81. The molecule has 0 aliphatic carbocycles. The average molecular weight is 418 g/mol. The smallest absolute Gasteiger partial charge is 0.305 e. The van der Waals surface area contributed by atoms with Crippen LogP contribution in [-0.2, 0) is 20.9 Å². The number of nitrogens with one attached hydrogen (secondary N) is 1. The number of benzene rings is 1. The summed E-state index contributed by atoms with van der Waals surface area (Å²) in [6, 6.07) is 10.3. The van der Waals surface area contributed by atoms with E-state index in [4.69, 9.17) is 14.5 Å². The number of likely N-dealkylation sites (tertiary alicyclic amines) is 1. The van der Waals surface area contributed by atoms with E-state index in [9.17, 15) is 4.79 Å². The van der Waals surface area contributed by atoms with E-state index in [1.165, 1.54) is 5.56 Å². The second-order valence-electron chi connectivity index (χ2n) is 7.81. The van der Waals surface area contributed by atoms with Crippen molar-refractivity contribution in [1.82, 2.24) is 10.2 Å². The van der Waals surface area contributed by atoms with E-state index in [-0.39, 0.29) is 5.97 Å². The molecular weight excluding hydrogens is 378 g/mol. The van der Waals surface area contributed by atoms with Gasteiger partial charge in [-0.1, -0.05) is 43.2 Å². The largest absolute Gasteiger partial charge is 0.466 e. The summed E-state index contributed by atoms with van der Waals surface area (Å²) in [6.07, 6.45) is 5.77. The van der Waals surface area contributed by atoms with Crippen LogP contribution >= 0.6 is 0 Å². The minimum Gasteiger partial charge on any atom is -0.466 e. The molecular formula is C24H39N3O3. The SMILES string of the molecule is CCNC(=NCCCCCCC(=O)OCC)N1CCC(COCc2ccccc2)C1. The highest BCUT2D eigenvalue weighted by Gasteiger charge is 2.24. The first kappa shape index (κ1) is 24.2. The summed E-state index contributed by atoms with van der Waals surface area (Å²) < 4.78 is 10.9. The number of ether oxygens (including phenoxy) is 2. The maximum atomic E-state index is 11.3. The molecule has 1 N–H and O–H groups in total. The molecule has 0 amide bonds. The number of aliphatic imine (C=N–C) groups is 1. The Morgan fingerprint density at radius 2 is 1.97 bits per heavy atom. The van der Waals surface area contributed by atoms with Crippen molar-refractivity contribution in [3.8, 4) is 0 Å². The van der Waals surface area contributed by atoms with Gasteiger partial charge in [-0.15, -0.1) is 0 Å². The molecule has 1 saturated heterocycles. The molecule has 1 aromatic carbocycles. The van der Waals surface area contributed by atoms with Crippen LogP contribution in [0.1, 0.15) is 57.9 Å². The topological polar surface area (TPSA) is 63.2 Å². The standard InChI is InChI=1S/C24H39N3O3/c1-3-25-24(26-16-11-6-5-10-14-23(28)30-4-2)27-17-15-22(18-27)20-29-19-21-12-8-7-9-13-21/h7-9,12-13,22H,3-6,10-11,14-20H2,1-2H3,(H,25,26). The Morgan fingerprint density at radius 1 is 1.17 bits per heavy atom. The van der Waals surface area contributed by atoms with Crippen molar-refractivity contribution in [3.05, 3.63) is 35.9 Å². The lowest BCUT2D eigenvalue weighted by Crippen LogP contribution is -2.40. The van der Waals surface area contributed by atoms with Gasteiger partial charge in [-0.2, -0.15) is 0 Å². The molecule has 0 spiro atoms. The summed E-state index contributed by atoms with van der Waals surface area (Å²) in [5, 5.41) is 3.43. The number of hydrogen-bond acceptors (Lipinski definition) is 4. The zero-order chi connectivity index (χ0) is 21.4. The maximum Gasteiger partial charge on any atom is 0.305 e. The van der Waals surface area contributed by atoms with Crippen LogP contribution in [0, 0.1) is 5.92 Å². The first-order chi connectivity index (χ1) is 14.7. The van der Waals surface area contributed by atoms with Crippen LogP contribution in [0.3, 0.4) is 0 Å². The molecule has 30 heavy (non-hydrogen) atoms. The van der Waals surface area contributed by atoms with Crippen molar-refractivity contribution in [2.75, 3.05) is 39.4 Å². The minimum absolute atomic E-state index is 0.0821. The molecule has 0 bridgehead atoms. The van der Waals surface area contributed by atoms with E-state index < -0.39 is 0 Å². The van der Waals surface area contributed by atoms with E-state index in [0.717, 1.165) is 70.8 Å². The van der Waals surface area contributed by atoms with Gasteiger partial charge >= 0.3 is 5.97 Å². The molecule has 168 valence electrons. The van der Waals surface area contributed by atoms with Crippen molar-refractivity contribution in [2.24, 2.45) is 10.9 Å². The normalized spacial score (nSPS) is 16.7. The van der Waals surface area contributed by atoms with Crippen molar-refractivity contribution in [2.45, 2.75) is 59.0 Å². The fourth-order valence-corrected chi connectivity index (χ4v) is 3.66. The number of nitrogens with zero attached hydrogens (tertiary/aromatic N) is 2. The van der Waals surface area contributed by atoms with Crippen molar-refractivity contribution < 1.29 is 14.3 Å². The third kappa shape index (κ3) is 9.61. The quantitative estimate of drug-likeness (QED) is 0.227. The van der Waals surface area contributed by atoms with Gasteiger partial charge in [0.25, 0.3) is 0 Å². The third-order valence-corrected chi connectivity index (χ3v) is 5.24. The van der Waals surface area contributed by atoms with Crippen LogP contribution in [0.15, 0.2) is 35.3 Å². The van der Waals surface area contributed by atoms with E-state index >= 15 is 0 Å². The molecule has 1 unspecified atom stereocenters. The summed E-state index contributed by atoms with van der Waals surface area (Å²) in [4.78, 5) is 18.5. The van der Waals surface area contributed by atoms with Crippen molar-refractivity contribution >= 4 is 11.9 Å². The Kier molecular flexibility index (Phi) is 12.0. The Labute approximate surface area is 182 Å². The predicted octanol–water partition coefficient (Wildman–Crippen LogP) is 4.00. The van der Waals surface area contributed by atoms with Gasteiger partial charge < -0.3 is 19.7 Å². The summed E-state index contributed by atoms with van der Waals surface area (Å²) in [6.45, 7) is 9.64. The van der Waals surface area contributed by atoms with E-state index in [1.54, 1.807) is 0 Å². The summed E-state index contributed by atoms with van der Waals surface area (Å²) in [7, 11) is 0. The number of carbonyl (C=O) groups is 1. The Hall–Kier alpha value is -2.08. The van der Waals surface area contributed by atoms with Gasteiger partial charge in [-0.25, -0.2) is 0 Å². The van der Waals surface area contributed by atoms with Crippen LogP contribution < -0.4 is 5.32 Å². The van der Waals surface area contributed by atoms with Gasteiger partial charge in [-0.3, -0.25) is 9.79 Å². The van der Waals surface area contributed by atoms with Crippen LogP contribution in [-0.4, -0.2) is 56.2 Å². The maximum absolute atomic E-state index is 11.3. The van der Waals surface area contributed by atoms with E-state index in [0.29, 0.717) is 25.6 Å². The van der Waals surface area contributed by atoms with Crippen molar-refractivity contribution in [3.63, 3.8) is 0 Å². The van der Waals surface area contributed by atoms with Gasteiger partial charge in [0.1, 0.15) is 0 Å². The molecule has 1 aromatic rings. The van der Waals surface area contributed by atoms with E-state index in [1.807, 2.05) is 13.0 Å². The summed E-state index contributed by atoms with van der Waals surface area (Å²) in [5.41, 5.74) is 1.23. The number of guanidine groups is 1. The monoisotopic (exact) mass is 417 g/mol. The van der Waals surface area contributed by atoms with Gasteiger partial charge in [0, 0.05) is 38.5 Å². The Bertz CT molecular complexity index is 621. The molecule has 1 atom stereocenters. The molecule has 1 heterocycles. The first-order valence-electron chi connectivity index (χ1n) is 11.5. The predicted molar refractivity (Wildman–Crippen MR) is 121 cm³/mol. The molecule has 1 aliphatic heterocycles. The molecule has 0 aromatic heterocycles. The first-order valence-corrected chi connectivity index (χ1v) is 11.5. The van der Waals surface area contributed by atoms with Crippen LogP contribution in [0.25, 0.3) is 0 Å².